The maximum atomic E-state index is 11.7. The van der Waals surface area contributed by atoms with Gasteiger partial charge in [-0.15, -0.1) is 0 Å². The number of rotatable bonds is 7. The van der Waals surface area contributed by atoms with E-state index in [0.29, 0.717) is 5.41 Å². The molecule has 180 valence electrons. The second kappa shape index (κ2) is 9.43. The highest BCUT2D eigenvalue weighted by molar-refractivity contribution is 6.80. The first kappa shape index (κ1) is 24.3. The summed E-state index contributed by atoms with van der Waals surface area (Å²) in [6.45, 7) is 9.79. The van der Waals surface area contributed by atoms with Crippen LogP contribution in [0.15, 0.2) is 11.6 Å². The zero-order chi connectivity index (χ0) is 23.1. The predicted molar refractivity (Wildman–Crippen MR) is 129 cm³/mol. The lowest BCUT2D eigenvalue weighted by molar-refractivity contribution is -0.156. The van der Waals surface area contributed by atoms with Crippen molar-refractivity contribution in [2.75, 3.05) is 0 Å². The van der Waals surface area contributed by atoms with Crippen LogP contribution in [0.5, 0.6) is 0 Å². The number of carbonyl (C=O) groups is 2. The van der Waals surface area contributed by atoms with E-state index in [1.54, 1.807) is 0 Å². The highest BCUT2D eigenvalue weighted by Crippen LogP contribution is 2.66. The number of ether oxygens (including phenoxy) is 1. The Labute approximate surface area is 200 Å². The molecular weight excluding hydrogens is 420 g/mol. The molecule has 3 fully saturated rings. The number of allylic oxidation sites excluding steroid dienone is 1. The summed E-state index contributed by atoms with van der Waals surface area (Å²) in [6.07, 6.45) is 17.3. The molecule has 0 aromatic carbocycles. The van der Waals surface area contributed by atoms with E-state index < -0.39 is 11.2 Å². The second-order valence-corrected chi connectivity index (χ2v) is 12.6. The van der Waals surface area contributed by atoms with Crippen LogP contribution in [0.25, 0.3) is 0 Å². The van der Waals surface area contributed by atoms with Crippen LogP contribution in [0.4, 0.5) is 0 Å². The van der Waals surface area contributed by atoms with Gasteiger partial charge < -0.3 is 4.74 Å². The molecule has 0 N–H and O–H groups in total. The third kappa shape index (κ3) is 4.44. The van der Waals surface area contributed by atoms with Crippen molar-refractivity contribution in [1.82, 2.24) is 0 Å². The van der Waals surface area contributed by atoms with Crippen molar-refractivity contribution in [3.63, 3.8) is 0 Å². The number of hydrogen-bond donors (Lipinski definition) is 0. The van der Waals surface area contributed by atoms with Crippen molar-refractivity contribution in [1.29, 1.82) is 0 Å². The lowest BCUT2D eigenvalue weighted by Gasteiger charge is -2.58. The lowest BCUT2D eigenvalue weighted by Crippen LogP contribution is -2.50. The van der Waals surface area contributed by atoms with E-state index in [1.165, 1.54) is 63.4 Å². The molecule has 4 aliphatic carbocycles. The molecule has 4 aliphatic rings. The Balaban J connectivity index is 1.42. The highest BCUT2D eigenvalue weighted by atomic mass is 35.5. The van der Waals surface area contributed by atoms with Crippen LogP contribution >= 0.6 is 11.6 Å². The van der Waals surface area contributed by atoms with Crippen molar-refractivity contribution in [3.05, 3.63) is 11.6 Å². The Morgan fingerprint density at radius 2 is 1.88 bits per heavy atom. The van der Waals surface area contributed by atoms with E-state index in [0.717, 1.165) is 48.9 Å². The maximum absolute atomic E-state index is 11.7. The minimum absolute atomic E-state index is 0.198. The molecule has 0 saturated heterocycles. The summed E-state index contributed by atoms with van der Waals surface area (Å²) in [5.41, 5.74) is 2.23. The average Bonchev–Trinajstić information content (AvgIpc) is 3.07. The van der Waals surface area contributed by atoms with Crippen LogP contribution in [0, 0.1) is 40.4 Å². The highest BCUT2D eigenvalue weighted by Gasteiger charge is 2.58. The molecule has 0 aromatic rings. The van der Waals surface area contributed by atoms with Crippen LogP contribution in [0.2, 0.25) is 0 Å². The van der Waals surface area contributed by atoms with Crippen molar-refractivity contribution in [2.24, 2.45) is 40.4 Å². The molecule has 4 heteroatoms. The molecule has 0 aliphatic heterocycles. The summed E-state index contributed by atoms with van der Waals surface area (Å²) in [5, 5.41) is -1.01. The summed E-state index contributed by atoms with van der Waals surface area (Å²) in [6, 6.07) is 0. The van der Waals surface area contributed by atoms with E-state index in [2.05, 4.69) is 33.8 Å². The van der Waals surface area contributed by atoms with Gasteiger partial charge in [0, 0.05) is 6.42 Å². The molecule has 0 bridgehead atoms. The number of halogens is 1. The van der Waals surface area contributed by atoms with E-state index in [-0.39, 0.29) is 11.5 Å². The predicted octanol–water partition coefficient (Wildman–Crippen LogP) is 7.46. The zero-order valence-corrected chi connectivity index (χ0v) is 21.4. The Morgan fingerprint density at radius 3 is 2.59 bits per heavy atom. The molecule has 3 saturated carbocycles. The normalized spacial score (nSPS) is 40.8. The van der Waals surface area contributed by atoms with Crippen LogP contribution in [0.1, 0.15) is 105 Å². The van der Waals surface area contributed by atoms with Crippen LogP contribution in [0.3, 0.4) is 0 Å². The number of unbranched alkanes of at least 4 members (excludes halogenated alkanes) is 1. The maximum Gasteiger partial charge on any atom is 0.391 e. The monoisotopic (exact) mass is 462 g/mol. The minimum atomic E-state index is -1.01. The number of hydrogen-bond acceptors (Lipinski definition) is 3. The van der Waals surface area contributed by atoms with Crippen LogP contribution < -0.4 is 0 Å². The summed E-state index contributed by atoms with van der Waals surface area (Å²) >= 11 is 5.31. The fourth-order valence-corrected chi connectivity index (χ4v) is 8.50. The number of esters is 1. The Kier molecular flexibility index (Phi) is 7.16. The molecule has 0 aromatic heterocycles. The van der Waals surface area contributed by atoms with Gasteiger partial charge in [0.25, 0.3) is 0 Å². The van der Waals surface area contributed by atoms with E-state index in [4.69, 9.17) is 16.3 Å². The molecule has 0 radical (unpaired) electrons. The number of carbonyl (C=O) groups excluding carboxylic acids is 2. The van der Waals surface area contributed by atoms with Gasteiger partial charge in [-0.1, -0.05) is 58.6 Å². The SMILES string of the molecule is CC(C)CCCCC1CCC2C3CC=C4CC(OC(=O)C(=O)Cl)CCC4(C)C3CCC12C. The lowest BCUT2D eigenvalue weighted by atomic mass is 9.47. The van der Waals surface area contributed by atoms with E-state index >= 15 is 0 Å². The largest absolute Gasteiger partial charge is 0.455 e. The van der Waals surface area contributed by atoms with E-state index in [1.807, 2.05) is 0 Å². The zero-order valence-electron chi connectivity index (χ0n) is 20.6. The minimum Gasteiger partial charge on any atom is -0.455 e. The molecule has 0 heterocycles. The van der Waals surface area contributed by atoms with Gasteiger partial charge in [0.2, 0.25) is 0 Å². The molecule has 7 atom stereocenters. The molecule has 0 spiro atoms. The van der Waals surface area contributed by atoms with Gasteiger partial charge in [0.15, 0.2) is 0 Å². The topological polar surface area (TPSA) is 43.4 Å². The van der Waals surface area contributed by atoms with Gasteiger partial charge in [-0.2, -0.15) is 0 Å². The van der Waals surface area contributed by atoms with Gasteiger partial charge in [-0.25, -0.2) is 4.79 Å². The Morgan fingerprint density at radius 1 is 1.09 bits per heavy atom. The first-order chi connectivity index (χ1) is 15.1. The Bertz CT molecular complexity index is 758. The number of fused-ring (bicyclic) bond motifs is 5. The van der Waals surface area contributed by atoms with Crippen LogP contribution in [-0.4, -0.2) is 17.3 Å². The molecule has 32 heavy (non-hydrogen) atoms. The van der Waals surface area contributed by atoms with Gasteiger partial charge >= 0.3 is 11.2 Å². The fraction of sp³-hybridized carbons (Fsp3) is 0.857. The smallest absolute Gasteiger partial charge is 0.391 e. The molecule has 4 rings (SSSR count). The Hall–Kier alpha value is -0.830. The summed E-state index contributed by atoms with van der Waals surface area (Å²) in [7, 11) is 0. The van der Waals surface area contributed by atoms with Gasteiger partial charge in [0.05, 0.1) is 0 Å². The summed E-state index contributed by atoms with van der Waals surface area (Å²) in [4.78, 5) is 22.8. The van der Waals surface area contributed by atoms with E-state index in [9.17, 15) is 9.59 Å². The fourth-order valence-electron chi connectivity index (χ4n) is 8.45. The standard InChI is InChI=1S/C28H43ClO3/c1-18(2)7-5-6-8-19-10-12-23-22-11-9-20-17-21(32-26(31)25(29)30)13-15-28(20,4)24(22)14-16-27(19,23)3/h9,18-19,21-24H,5-8,10-17H2,1-4H3. The second-order valence-electron chi connectivity index (χ2n) is 12.3. The third-order valence-corrected chi connectivity index (χ3v) is 10.4. The van der Waals surface area contributed by atoms with Gasteiger partial charge in [0.1, 0.15) is 6.10 Å². The first-order valence-electron chi connectivity index (χ1n) is 13.2. The van der Waals surface area contributed by atoms with Crippen molar-refractivity contribution in [3.8, 4) is 0 Å². The molecule has 7 unspecified atom stereocenters. The third-order valence-electron chi connectivity index (χ3n) is 10.3. The van der Waals surface area contributed by atoms with Crippen LogP contribution in [-0.2, 0) is 14.3 Å². The quantitative estimate of drug-likeness (QED) is 0.130. The van der Waals surface area contributed by atoms with Crippen molar-refractivity contribution >= 4 is 22.8 Å². The van der Waals surface area contributed by atoms with Gasteiger partial charge in [-0.05, 0) is 103 Å². The average molecular weight is 463 g/mol. The summed E-state index contributed by atoms with van der Waals surface area (Å²) in [5.74, 6) is 3.29. The van der Waals surface area contributed by atoms with Crippen molar-refractivity contribution in [2.45, 2.75) is 111 Å². The first-order valence-corrected chi connectivity index (χ1v) is 13.6. The molecule has 3 nitrogen and oxygen atoms in total. The molecular formula is C28H43ClO3. The van der Waals surface area contributed by atoms with Gasteiger partial charge in [-0.3, -0.25) is 4.79 Å². The summed E-state index contributed by atoms with van der Waals surface area (Å²) < 4.78 is 5.38. The molecule has 0 amide bonds. The van der Waals surface area contributed by atoms with Crippen molar-refractivity contribution < 1.29 is 14.3 Å².